The van der Waals surface area contributed by atoms with E-state index in [0.717, 1.165) is 0 Å². The first-order valence-electron chi connectivity index (χ1n) is 14.4. The first-order valence-corrected chi connectivity index (χ1v) is 20.5. The zero-order chi connectivity index (χ0) is 34.0. The Bertz CT molecular complexity index is 1120. The van der Waals surface area contributed by atoms with Crippen LogP contribution in [0.5, 0.6) is 0 Å². The Morgan fingerprint density at radius 1 is 0.750 bits per heavy atom. The summed E-state index contributed by atoms with van der Waals surface area (Å²) in [5, 5.41) is 9.37. The molecule has 5 atom stereocenters. The number of carbonyl (C=O) groups excluding carboxylic acids is 5. The summed E-state index contributed by atoms with van der Waals surface area (Å²) in [6.45, 7) is 3.67. The van der Waals surface area contributed by atoms with Gasteiger partial charge in [-0.15, -0.1) is 0 Å². The minimum absolute atomic E-state index is 0.00353. The van der Waals surface area contributed by atoms with Crippen molar-refractivity contribution in [3.05, 3.63) is 0 Å². The Morgan fingerprint density at radius 3 is 1.57 bits per heavy atom. The van der Waals surface area contributed by atoms with Crippen LogP contribution in [0.3, 0.4) is 0 Å². The first kappa shape index (κ1) is 43.6. The van der Waals surface area contributed by atoms with Gasteiger partial charge in [-0.1, -0.05) is 13.3 Å². The van der Waals surface area contributed by atoms with Gasteiger partial charge in [0.15, 0.2) is 0 Å². The molecule has 224 valence electrons. The summed E-state index contributed by atoms with van der Waals surface area (Å²) in [6, 6.07) is 2.40. The van der Waals surface area contributed by atoms with Crippen LogP contribution in [0.25, 0.3) is 0 Å². The molecule has 0 amide bonds. The number of aliphatic carboxylic acids is 1. The van der Waals surface area contributed by atoms with Crippen LogP contribution in [0.1, 0.15) is 57.8 Å². The Kier molecular flexibility index (Phi) is 22.8. The van der Waals surface area contributed by atoms with Gasteiger partial charge in [0.05, 0.1) is 0 Å². The molecule has 20 heteroatoms. The minimum atomic E-state index is -2.39. The Hall–Kier alpha value is -0.426. The summed E-state index contributed by atoms with van der Waals surface area (Å²) >= 11 is 0. The van der Waals surface area contributed by atoms with E-state index in [1.165, 1.54) is 12.1 Å². The van der Waals surface area contributed by atoms with Crippen molar-refractivity contribution in [1.82, 2.24) is 0 Å². The number of carboxylic acids is 1. The van der Waals surface area contributed by atoms with Crippen molar-refractivity contribution < 1.29 is 33.9 Å². The standard InChI is InChI=1S/C24H38B9NO7P2S/c1-42(29)13-21(37)8-5-17(22(38)14-43(2)30)11-20(36)7-4-18(23(39)15-44(31-25,32-26)33(27)28)12-19(35)6-3-16(9-10-34)24(40)41/h16-18H,3-15,34H2,1-2H3,(H,40,41). The van der Waals surface area contributed by atoms with E-state index in [1.807, 2.05) is 0 Å². The van der Waals surface area contributed by atoms with Crippen LogP contribution in [0.4, 0.5) is 0 Å². The number of hydrogen-bond acceptors (Lipinski definition) is 7. The molecule has 0 rings (SSSR count). The van der Waals surface area contributed by atoms with Crippen molar-refractivity contribution in [3.8, 4) is 0 Å². The van der Waals surface area contributed by atoms with Gasteiger partial charge in [0.1, 0.15) is 15.1 Å². The summed E-state index contributed by atoms with van der Waals surface area (Å²) in [5.74, 6) is -6.02. The van der Waals surface area contributed by atoms with Crippen molar-refractivity contribution in [2.45, 2.75) is 57.8 Å². The van der Waals surface area contributed by atoms with E-state index < -0.39 is 59.6 Å². The van der Waals surface area contributed by atoms with Crippen LogP contribution in [0.15, 0.2) is 0 Å². The molecule has 0 spiro atoms. The van der Waals surface area contributed by atoms with Crippen LogP contribution in [0, 0.1) is 17.8 Å². The molecule has 3 N–H and O–H groups in total. The second kappa shape index (κ2) is 23.0. The van der Waals surface area contributed by atoms with Gasteiger partial charge in [-0.25, -0.2) is 0 Å². The number of ketones is 5. The molecule has 0 saturated carbocycles. The number of Topliss-reactive ketones (excluding diaryl/α,β-unsaturated/α-hetero) is 5. The van der Waals surface area contributed by atoms with Crippen molar-refractivity contribution in [2.24, 2.45) is 23.5 Å². The van der Waals surface area contributed by atoms with Gasteiger partial charge in [0.2, 0.25) is 0 Å². The number of rotatable bonds is 25. The van der Waals surface area contributed by atoms with Crippen LogP contribution in [0.2, 0.25) is 0 Å². The van der Waals surface area contributed by atoms with E-state index >= 15 is 0 Å². The molecule has 8 nitrogen and oxygen atoms in total. The third kappa shape index (κ3) is 17.5. The normalized spacial score (nSPS) is 14.6. The number of carbonyl (C=O) groups is 6. The molecule has 0 fully saturated rings. The van der Waals surface area contributed by atoms with Crippen LogP contribution in [-0.4, -0.2) is 142 Å². The van der Waals surface area contributed by atoms with Crippen LogP contribution < -0.4 is 5.73 Å². The molecule has 0 bridgehead atoms. The molecule has 0 aliphatic carbocycles. The summed E-state index contributed by atoms with van der Waals surface area (Å²) in [5.41, 5.74) is 5.48. The number of hydrogen-bond donors (Lipinski definition) is 2. The molecule has 0 saturated heterocycles. The van der Waals surface area contributed by atoms with E-state index in [1.54, 1.807) is 13.3 Å². The number of nitrogens with two attached hydrogens (primary N) is 1. The molecule has 0 aromatic heterocycles. The summed E-state index contributed by atoms with van der Waals surface area (Å²) in [7, 11) is 30.5. The molecule has 0 aliphatic heterocycles. The molecular weight excluding hydrogens is 606 g/mol. The number of carboxylic acid groups (broad SMARTS) is 1. The van der Waals surface area contributed by atoms with Gasteiger partial charge in [-0.2, -0.15) is 7.80 Å². The Labute approximate surface area is 275 Å². The fourth-order valence-electron chi connectivity index (χ4n) is 4.62. The van der Waals surface area contributed by atoms with Crippen molar-refractivity contribution >= 4 is 123 Å². The molecule has 12 radical (unpaired) electrons. The molecule has 0 aromatic carbocycles. The van der Waals surface area contributed by atoms with E-state index in [2.05, 4.69) is 0 Å². The van der Waals surface area contributed by atoms with E-state index in [0.29, 0.717) is 0 Å². The first-order chi connectivity index (χ1) is 20.5. The Balaban J connectivity index is 5.81. The van der Waals surface area contributed by atoms with Crippen LogP contribution >= 0.6 is 24.3 Å². The van der Waals surface area contributed by atoms with Gasteiger partial charge >= 0.3 is 229 Å². The zero-order valence-corrected chi connectivity index (χ0v) is 28.5. The SMILES string of the molecule is [B]B=S(=B[B])(CC(=O)C(CCC(=O)CC(CCC(=O)CP([B])C)C(=O)CP([B])C)CC(=O)CCC(CCN)C(=O)O)B([B])[B]. The molecule has 0 aliphatic rings. The van der Waals surface area contributed by atoms with Gasteiger partial charge in [0, 0.05) is 6.16 Å². The van der Waals surface area contributed by atoms with Gasteiger partial charge in [-0.3, -0.25) is 4.79 Å². The molecule has 5 unspecified atom stereocenters. The third-order valence-electron chi connectivity index (χ3n) is 7.27. The van der Waals surface area contributed by atoms with Crippen molar-refractivity contribution in [2.75, 3.05) is 38.0 Å². The van der Waals surface area contributed by atoms with Crippen LogP contribution in [-0.2, 0) is 28.8 Å². The molecule has 44 heavy (non-hydrogen) atoms. The zero-order valence-electron chi connectivity index (χ0n) is 25.9. The van der Waals surface area contributed by atoms with E-state index in [4.69, 9.17) is 51.8 Å². The summed E-state index contributed by atoms with van der Waals surface area (Å²) < 4.78 is 0. The predicted molar refractivity (Wildman–Crippen MR) is 193 cm³/mol. The maximum absolute atomic E-state index is 13.5. The van der Waals surface area contributed by atoms with Crippen molar-refractivity contribution in [3.63, 3.8) is 0 Å². The maximum atomic E-state index is 13.5. The third-order valence-corrected chi connectivity index (χ3v) is 11.7. The fraction of sp³-hybridized carbons (Fsp3) is 0.750. The topological polar surface area (TPSA) is 149 Å². The predicted octanol–water partition coefficient (Wildman–Crippen LogP) is 0.157. The monoisotopic (exact) mass is 645 g/mol. The second-order valence-corrected chi connectivity index (χ2v) is 18.1. The second-order valence-electron chi connectivity index (χ2n) is 11.2. The molecule has 0 heterocycles. The van der Waals surface area contributed by atoms with Gasteiger partial charge in [0.25, 0.3) is 0 Å². The molecular formula is C24H38B9NO7P2S. The molecule has 0 aromatic rings. The summed E-state index contributed by atoms with van der Waals surface area (Å²) in [6.07, 6.45) is 0.405. The average Bonchev–Trinajstić information content (AvgIpc) is 2.92. The van der Waals surface area contributed by atoms with E-state index in [-0.39, 0.29) is 106 Å². The fourth-order valence-corrected chi connectivity index (χ4v) is 7.65. The van der Waals surface area contributed by atoms with Crippen molar-refractivity contribution in [1.29, 1.82) is 0 Å². The quantitative estimate of drug-likeness (QED) is 0.106. The average molecular weight is 644 g/mol. The summed E-state index contributed by atoms with van der Waals surface area (Å²) in [4.78, 5) is 76.0. The Morgan fingerprint density at radius 2 is 1.18 bits per heavy atom. The van der Waals surface area contributed by atoms with Gasteiger partial charge < -0.3 is 0 Å². The van der Waals surface area contributed by atoms with Gasteiger partial charge in [-0.05, 0) is 0 Å². The van der Waals surface area contributed by atoms with E-state index in [9.17, 15) is 33.9 Å².